The first-order valence-corrected chi connectivity index (χ1v) is 9.19. The van der Waals surface area contributed by atoms with Gasteiger partial charge in [-0.1, -0.05) is 12.1 Å². The molecule has 7 nitrogen and oxygen atoms in total. The predicted molar refractivity (Wildman–Crippen MR) is 101 cm³/mol. The van der Waals surface area contributed by atoms with Gasteiger partial charge in [0.15, 0.2) is 0 Å². The summed E-state index contributed by atoms with van der Waals surface area (Å²) in [6.07, 6.45) is 1.43. The Kier molecular flexibility index (Phi) is 7.05. The largest absolute Gasteiger partial charge is 0.379 e. The van der Waals surface area contributed by atoms with Gasteiger partial charge in [0.1, 0.15) is 11.5 Å². The second kappa shape index (κ2) is 9.91. The molecule has 2 aromatic rings. The van der Waals surface area contributed by atoms with Gasteiger partial charge in [-0.15, -0.1) is 0 Å². The zero-order valence-corrected chi connectivity index (χ0v) is 15.5. The average Bonchev–Trinajstić information content (AvgIpc) is 2.74. The molecule has 2 N–H and O–H groups in total. The normalized spacial score (nSPS) is 14.5. The summed E-state index contributed by atoms with van der Waals surface area (Å²) < 4.78 is 18.2. The molecule has 1 aliphatic heterocycles. The Morgan fingerprint density at radius 1 is 1.07 bits per heavy atom. The molecule has 1 aliphatic rings. The summed E-state index contributed by atoms with van der Waals surface area (Å²) in [6, 6.07) is 8.90. The lowest BCUT2D eigenvalue weighted by Crippen LogP contribution is -2.41. The summed E-state index contributed by atoms with van der Waals surface area (Å²) in [7, 11) is 0. The lowest BCUT2D eigenvalue weighted by Gasteiger charge is -2.26. The van der Waals surface area contributed by atoms with E-state index in [1.807, 2.05) is 0 Å². The van der Waals surface area contributed by atoms with Crippen LogP contribution in [0.3, 0.4) is 0 Å². The number of ether oxygens (including phenoxy) is 1. The maximum absolute atomic E-state index is 12.9. The van der Waals surface area contributed by atoms with Gasteiger partial charge in [-0.05, 0) is 29.8 Å². The van der Waals surface area contributed by atoms with E-state index < -0.39 is 5.91 Å². The van der Waals surface area contributed by atoms with Crippen LogP contribution in [0.15, 0.2) is 42.6 Å². The Hall–Kier alpha value is -2.84. The number of aromatic nitrogens is 1. The van der Waals surface area contributed by atoms with Gasteiger partial charge in [-0.2, -0.15) is 0 Å². The van der Waals surface area contributed by atoms with Gasteiger partial charge in [0.05, 0.1) is 13.2 Å². The average molecular weight is 386 g/mol. The molecule has 3 rings (SSSR count). The molecule has 8 heteroatoms. The van der Waals surface area contributed by atoms with Crippen molar-refractivity contribution in [2.75, 3.05) is 39.4 Å². The molecule has 0 unspecified atom stereocenters. The standard InChI is InChI=1S/C20H23FN4O3/c21-17-3-1-15(2-4-17)14-24-20(27)18-13-16(5-6-22-18)19(26)23-7-8-25-9-11-28-12-10-25/h1-6,13H,7-12,14H2,(H,23,26)(H,24,27). The number of amides is 2. The number of hydrogen-bond acceptors (Lipinski definition) is 5. The second-order valence-corrected chi connectivity index (χ2v) is 6.45. The second-order valence-electron chi connectivity index (χ2n) is 6.45. The van der Waals surface area contributed by atoms with Gasteiger partial charge in [0, 0.05) is 44.5 Å². The highest BCUT2D eigenvalue weighted by Gasteiger charge is 2.13. The van der Waals surface area contributed by atoms with Crippen molar-refractivity contribution in [3.63, 3.8) is 0 Å². The SMILES string of the molecule is O=C(NCCN1CCOCC1)c1ccnc(C(=O)NCc2ccc(F)cc2)c1. The number of carbonyl (C=O) groups excluding carboxylic acids is 2. The molecule has 2 amide bonds. The van der Waals surface area contributed by atoms with Gasteiger partial charge in [0.2, 0.25) is 0 Å². The topological polar surface area (TPSA) is 83.6 Å². The van der Waals surface area contributed by atoms with Crippen LogP contribution >= 0.6 is 0 Å². The fourth-order valence-corrected chi connectivity index (χ4v) is 2.83. The summed E-state index contributed by atoms with van der Waals surface area (Å²) in [5.74, 6) is -0.973. The minimum Gasteiger partial charge on any atom is -0.379 e. The molecule has 1 aromatic carbocycles. The molecule has 1 fully saturated rings. The van der Waals surface area contributed by atoms with Gasteiger partial charge in [-0.25, -0.2) is 4.39 Å². The highest BCUT2D eigenvalue weighted by Crippen LogP contribution is 2.05. The van der Waals surface area contributed by atoms with Crippen LogP contribution in [0.25, 0.3) is 0 Å². The highest BCUT2D eigenvalue weighted by molar-refractivity contribution is 5.98. The summed E-state index contributed by atoms with van der Waals surface area (Å²) >= 11 is 0. The third-order valence-corrected chi connectivity index (χ3v) is 4.44. The maximum Gasteiger partial charge on any atom is 0.270 e. The third kappa shape index (κ3) is 5.83. The Labute approximate surface area is 162 Å². The van der Waals surface area contributed by atoms with Crippen LogP contribution in [0.5, 0.6) is 0 Å². The molecule has 1 aromatic heterocycles. The van der Waals surface area contributed by atoms with Crippen LogP contribution in [-0.2, 0) is 11.3 Å². The number of morpholine rings is 1. The van der Waals surface area contributed by atoms with E-state index in [-0.39, 0.29) is 24.0 Å². The van der Waals surface area contributed by atoms with E-state index in [2.05, 4.69) is 20.5 Å². The fourth-order valence-electron chi connectivity index (χ4n) is 2.83. The first kappa shape index (κ1) is 19.9. The highest BCUT2D eigenvalue weighted by atomic mass is 19.1. The first-order chi connectivity index (χ1) is 13.6. The molecule has 0 atom stereocenters. The number of pyridine rings is 1. The van der Waals surface area contributed by atoms with E-state index in [1.54, 1.807) is 18.2 Å². The van der Waals surface area contributed by atoms with Crippen LogP contribution in [0.1, 0.15) is 26.4 Å². The summed E-state index contributed by atoms with van der Waals surface area (Å²) in [5, 5.41) is 5.57. The van der Waals surface area contributed by atoms with Crippen molar-refractivity contribution in [3.05, 3.63) is 65.2 Å². The monoisotopic (exact) mass is 386 g/mol. The predicted octanol–water partition coefficient (Wildman–Crippen LogP) is 1.21. The number of nitrogens with one attached hydrogen (secondary N) is 2. The lowest BCUT2D eigenvalue weighted by atomic mass is 10.2. The molecule has 28 heavy (non-hydrogen) atoms. The summed E-state index contributed by atoms with van der Waals surface area (Å²) in [5.41, 5.74) is 1.30. The van der Waals surface area contributed by atoms with Crippen LogP contribution in [0.4, 0.5) is 4.39 Å². The van der Waals surface area contributed by atoms with Crippen molar-refractivity contribution in [2.24, 2.45) is 0 Å². The molecule has 148 valence electrons. The molecule has 0 aliphatic carbocycles. The smallest absolute Gasteiger partial charge is 0.270 e. The summed E-state index contributed by atoms with van der Waals surface area (Å²) in [4.78, 5) is 30.9. The Bertz CT molecular complexity index is 807. The van der Waals surface area contributed by atoms with Crippen molar-refractivity contribution in [1.82, 2.24) is 20.5 Å². The molecule has 0 saturated carbocycles. The molecule has 2 heterocycles. The quantitative estimate of drug-likeness (QED) is 0.748. The van der Waals surface area contributed by atoms with Crippen molar-refractivity contribution >= 4 is 11.8 Å². The van der Waals surface area contributed by atoms with Crippen LogP contribution in [-0.4, -0.2) is 61.1 Å². The minimum absolute atomic E-state index is 0.156. The van der Waals surface area contributed by atoms with Crippen molar-refractivity contribution in [3.8, 4) is 0 Å². The van der Waals surface area contributed by atoms with Gasteiger partial charge in [0.25, 0.3) is 11.8 Å². The van der Waals surface area contributed by atoms with Gasteiger partial charge >= 0.3 is 0 Å². The fraction of sp³-hybridized carbons (Fsp3) is 0.350. The van der Waals surface area contributed by atoms with Crippen LogP contribution < -0.4 is 10.6 Å². The van der Waals surface area contributed by atoms with Gasteiger partial charge < -0.3 is 15.4 Å². The van der Waals surface area contributed by atoms with E-state index in [9.17, 15) is 14.0 Å². The number of nitrogens with zero attached hydrogens (tertiary/aromatic N) is 2. The number of rotatable bonds is 7. The molecular formula is C20H23FN4O3. The van der Waals surface area contributed by atoms with E-state index in [4.69, 9.17) is 4.74 Å². The van der Waals surface area contributed by atoms with Crippen LogP contribution in [0.2, 0.25) is 0 Å². The number of carbonyl (C=O) groups is 2. The lowest BCUT2D eigenvalue weighted by molar-refractivity contribution is 0.0383. The van der Waals surface area contributed by atoms with E-state index in [1.165, 1.54) is 24.4 Å². The van der Waals surface area contributed by atoms with Crippen molar-refractivity contribution < 1.29 is 18.7 Å². The zero-order valence-electron chi connectivity index (χ0n) is 15.5. The van der Waals surface area contributed by atoms with Crippen LogP contribution in [0, 0.1) is 5.82 Å². The number of halogens is 1. The Balaban J connectivity index is 1.49. The van der Waals surface area contributed by atoms with E-state index >= 15 is 0 Å². The van der Waals surface area contributed by atoms with E-state index in [0.717, 1.165) is 25.2 Å². The zero-order chi connectivity index (χ0) is 19.8. The van der Waals surface area contributed by atoms with Gasteiger partial charge in [-0.3, -0.25) is 19.5 Å². The van der Waals surface area contributed by atoms with E-state index in [0.29, 0.717) is 25.3 Å². The minimum atomic E-state index is -0.396. The Morgan fingerprint density at radius 3 is 2.57 bits per heavy atom. The Morgan fingerprint density at radius 2 is 1.82 bits per heavy atom. The number of hydrogen-bond donors (Lipinski definition) is 2. The molecule has 0 spiro atoms. The molecule has 0 radical (unpaired) electrons. The molecule has 1 saturated heterocycles. The van der Waals surface area contributed by atoms with Crippen molar-refractivity contribution in [1.29, 1.82) is 0 Å². The first-order valence-electron chi connectivity index (χ1n) is 9.19. The number of benzene rings is 1. The maximum atomic E-state index is 12.9. The third-order valence-electron chi connectivity index (χ3n) is 4.44. The molecule has 0 bridgehead atoms. The summed E-state index contributed by atoms with van der Waals surface area (Å²) in [6.45, 7) is 4.69. The molecular weight excluding hydrogens is 363 g/mol. The van der Waals surface area contributed by atoms with Crippen molar-refractivity contribution in [2.45, 2.75) is 6.54 Å².